The van der Waals surface area contributed by atoms with Gasteiger partial charge in [0.25, 0.3) is 0 Å². The first-order valence-electron chi connectivity index (χ1n) is 7.01. The van der Waals surface area contributed by atoms with E-state index in [1.165, 1.54) is 17.3 Å². The van der Waals surface area contributed by atoms with Gasteiger partial charge in [0.05, 0.1) is 5.75 Å². The molecular weight excluding hydrogens is 284 g/mol. The maximum atomic E-state index is 12.0. The topological polar surface area (TPSA) is 59.8 Å². The molecule has 0 radical (unpaired) electrons. The second-order valence-corrected chi connectivity index (χ2v) is 5.95. The molecule has 0 atom stereocenters. The molecule has 1 N–H and O–H groups in total. The van der Waals surface area contributed by atoms with E-state index in [-0.39, 0.29) is 11.9 Å². The summed E-state index contributed by atoms with van der Waals surface area (Å²) >= 11 is 1.40. The van der Waals surface area contributed by atoms with E-state index < -0.39 is 0 Å². The van der Waals surface area contributed by atoms with Crippen molar-refractivity contribution < 1.29 is 4.79 Å². The van der Waals surface area contributed by atoms with E-state index in [1.54, 1.807) is 6.33 Å². The van der Waals surface area contributed by atoms with Crippen molar-refractivity contribution in [2.75, 3.05) is 11.1 Å². The van der Waals surface area contributed by atoms with Gasteiger partial charge in [0, 0.05) is 11.7 Å². The Morgan fingerprint density at radius 1 is 1.43 bits per heavy atom. The largest absolute Gasteiger partial charge is 0.325 e. The molecule has 2 aromatic rings. The predicted molar refractivity (Wildman–Crippen MR) is 85.6 cm³/mol. The molecule has 1 aromatic heterocycles. The van der Waals surface area contributed by atoms with Crippen molar-refractivity contribution in [2.45, 2.75) is 38.4 Å². The zero-order chi connectivity index (χ0) is 15.2. The average molecular weight is 304 g/mol. The Bertz CT molecular complexity index is 609. The lowest BCUT2D eigenvalue weighted by Crippen LogP contribution is -2.15. The first-order chi connectivity index (χ1) is 10.1. The highest BCUT2D eigenvalue weighted by molar-refractivity contribution is 7.99. The molecule has 21 heavy (non-hydrogen) atoms. The van der Waals surface area contributed by atoms with Crippen LogP contribution in [0.2, 0.25) is 0 Å². The van der Waals surface area contributed by atoms with Crippen LogP contribution in [0, 0.1) is 0 Å². The molecule has 112 valence electrons. The summed E-state index contributed by atoms with van der Waals surface area (Å²) < 4.78 is 1.95. The first kappa shape index (κ1) is 15.6. The molecule has 6 heteroatoms. The normalized spacial score (nSPS) is 10.9. The molecule has 0 aliphatic carbocycles. The van der Waals surface area contributed by atoms with Crippen LogP contribution in [0.5, 0.6) is 0 Å². The molecule has 0 saturated heterocycles. The lowest BCUT2D eigenvalue weighted by Gasteiger charge is -2.09. The molecule has 1 aromatic carbocycles. The second kappa shape index (κ2) is 7.26. The molecule has 0 saturated carbocycles. The number of hydrogen-bond donors (Lipinski definition) is 1. The summed E-state index contributed by atoms with van der Waals surface area (Å²) in [5.41, 5.74) is 2.05. The van der Waals surface area contributed by atoms with Gasteiger partial charge in [0.15, 0.2) is 5.16 Å². The first-order valence-corrected chi connectivity index (χ1v) is 7.99. The van der Waals surface area contributed by atoms with Gasteiger partial charge in [-0.25, -0.2) is 0 Å². The molecule has 5 nitrogen and oxygen atoms in total. The van der Waals surface area contributed by atoms with Crippen molar-refractivity contribution in [2.24, 2.45) is 0 Å². The van der Waals surface area contributed by atoms with Gasteiger partial charge < -0.3 is 9.88 Å². The van der Waals surface area contributed by atoms with Crippen LogP contribution in [0.1, 0.15) is 32.4 Å². The van der Waals surface area contributed by atoms with E-state index >= 15 is 0 Å². The molecule has 1 amide bonds. The van der Waals surface area contributed by atoms with Crippen molar-refractivity contribution in [3.05, 3.63) is 36.2 Å². The minimum absolute atomic E-state index is 0.0356. The lowest BCUT2D eigenvalue weighted by atomic mass is 10.1. The highest BCUT2D eigenvalue weighted by Crippen LogP contribution is 2.19. The van der Waals surface area contributed by atoms with Gasteiger partial charge in [0.2, 0.25) is 5.91 Å². The van der Waals surface area contributed by atoms with E-state index in [9.17, 15) is 4.79 Å². The SMILES string of the molecule is CCc1cccc(NC(=O)CSc2nncn2C(C)C)c1. The van der Waals surface area contributed by atoms with E-state index in [1.807, 2.05) is 22.8 Å². The molecule has 0 aliphatic rings. The Labute approximate surface area is 129 Å². The summed E-state index contributed by atoms with van der Waals surface area (Å²) in [5, 5.41) is 11.6. The Kier molecular flexibility index (Phi) is 5.38. The molecule has 0 aliphatic heterocycles. The van der Waals surface area contributed by atoms with Gasteiger partial charge in [-0.3, -0.25) is 4.79 Å². The van der Waals surface area contributed by atoms with Crippen LogP contribution in [-0.4, -0.2) is 26.4 Å². The van der Waals surface area contributed by atoms with Crippen LogP contribution in [0.3, 0.4) is 0 Å². The third-order valence-electron chi connectivity index (χ3n) is 3.05. The number of carbonyl (C=O) groups excluding carboxylic acids is 1. The van der Waals surface area contributed by atoms with Crippen LogP contribution in [0.25, 0.3) is 0 Å². The Morgan fingerprint density at radius 3 is 2.95 bits per heavy atom. The van der Waals surface area contributed by atoms with Crippen LogP contribution >= 0.6 is 11.8 Å². The maximum absolute atomic E-state index is 12.0. The van der Waals surface area contributed by atoms with E-state index in [0.29, 0.717) is 5.75 Å². The quantitative estimate of drug-likeness (QED) is 0.833. The van der Waals surface area contributed by atoms with Gasteiger partial charge in [-0.05, 0) is 38.0 Å². The number of rotatable bonds is 6. The third-order valence-corrected chi connectivity index (χ3v) is 4.01. The number of benzene rings is 1. The van der Waals surface area contributed by atoms with Crippen LogP contribution < -0.4 is 5.32 Å². The fraction of sp³-hybridized carbons (Fsp3) is 0.400. The van der Waals surface area contributed by atoms with Gasteiger partial charge >= 0.3 is 0 Å². The standard InChI is InChI=1S/C15H20N4OS/c1-4-12-6-5-7-13(8-12)17-14(20)9-21-15-18-16-10-19(15)11(2)3/h5-8,10-11H,4,9H2,1-3H3,(H,17,20). The Hall–Kier alpha value is -1.82. The number of hydrogen-bond acceptors (Lipinski definition) is 4. The monoisotopic (exact) mass is 304 g/mol. The second-order valence-electron chi connectivity index (χ2n) is 5.01. The van der Waals surface area contributed by atoms with Crippen molar-refractivity contribution in [1.82, 2.24) is 14.8 Å². The molecule has 1 heterocycles. The van der Waals surface area contributed by atoms with Gasteiger partial charge in [-0.1, -0.05) is 30.8 Å². The number of nitrogens with zero attached hydrogens (tertiary/aromatic N) is 3. The number of amides is 1. The fourth-order valence-corrected chi connectivity index (χ4v) is 2.73. The van der Waals surface area contributed by atoms with Crippen molar-refractivity contribution >= 4 is 23.4 Å². The Balaban J connectivity index is 1.91. The fourth-order valence-electron chi connectivity index (χ4n) is 1.89. The van der Waals surface area contributed by atoms with Crippen LogP contribution in [-0.2, 0) is 11.2 Å². The molecule has 0 unspecified atom stereocenters. The lowest BCUT2D eigenvalue weighted by molar-refractivity contribution is -0.113. The zero-order valence-electron chi connectivity index (χ0n) is 12.5. The minimum Gasteiger partial charge on any atom is -0.325 e. The summed E-state index contributed by atoms with van der Waals surface area (Å²) in [6, 6.07) is 8.19. The van der Waals surface area contributed by atoms with Crippen molar-refractivity contribution in [3.8, 4) is 0 Å². The summed E-state index contributed by atoms with van der Waals surface area (Å²) in [5.74, 6) is 0.286. The highest BCUT2D eigenvalue weighted by Gasteiger charge is 2.10. The minimum atomic E-state index is -0.0356. The van der Waals surface area contributed by atoms with Gasteiger partial charge in [-0.15, -0.1) is 10.2 Å². The maximum Gasteiger partial charge on any atom is 0.234 e. The number of carbonyl (C=O) groups is 1. The summed E-state index contributed by atoms with van der Waals surface area (Å²) in [7, 11) is 0. The molecule has 0 spiro atoms. The summed E-state index contributed by atoms with van der Waals surface area (Å²) in [6.45, 7) is 6.21. The summed E-state index contributed by atoms with van der Waals surface area (Å²) in [6.07, 6.45) is 2.64. The number of anilines is 1. The number of thioether (sulfide) groups is 1. The molecule has 2 rings (SSSR count). The van der Waals surface area contributed by atoms with E-state index in [2.05, 4.69) is 42.4 Å². The number of nitrogens with one attached hydrogen (secondary N) is 1. The summed E-state index contributed by atoms with van der Waals surface area (Å²) in [4.78, 5) is 12.0. The zero-order valence-corrected chi connectivity index (χ0v) is 13.4. The smallest absolute Gasteiger partial charge is 0.234 e. The van der Waals surface area contributed by atoms with Crippen LogP contribution in [0.15, 0.2) is 35.7 Å². The Morgan fingerprint density at radius 2 is 2.24 bits per heavy atom. The molecule has 0 fully saturated rings. The van der Waals surface area contributed by atoms with Crippen molar-refractivity contribution in [1.29, 1.82) is 0 Å². The van der Waals surface area contributed by atoms with Crippen LogP contribution in [0.4, 0.5) is 5.69 Å². The third kappa shape index (κ3) is 4.32. The van der Waals surface area contributed by atoms with Gasteiger partial charge in [-0.2, -0.15) is 0 Å². The molecule has 0 bridgehead atoms. The molecular formula is C15H20N4OS. The van der Waals surface area contributed by atoms with E-state index in [0.717, 1.165) is 17.3 Å². The van der Waals surface area contributed by atoms with E-state index in [4.69, 9.17) is 0 Å². The number of aromatic nitrogens is 3. The van der Waals surface area contributed by atoms with Gasteiger partial charge in [0.1, 0.15) is 6.33 Å². The number of aryl methyl sites for hydroxylation is 1. The predicted octanol–water partition coefficient (Wildman–Crippen LogP) is 3.15. The average Bonchev–Trinajstić information content (AvgIpc) is 2.94. The van der Waals surface area contributed by atoms with Crippen molar-refractivity contribution in [3.63, 3.8) is 0 Å². The highest BCUT2D eigenvalue weighted by atomic mass is 32.2.